The van der Waals surface area contributed by atoms with Crippen molar-refractivity contribution in [2.24, 2.45) is 0 Å². The molecule has 94 valence electrons. The molecule has 0 unspecified atom stereocenters. The van der Waals surface area contributed by atoms with E-state index in [1.807, 2.05) is 0 Å². The summed E-state index contributed by atoms with van der Waals surface area (Å²) in [6, 6.07) is 4.91. The average molecular weight is 252 g/mol. The third-order valence-corrected chi connectivity index (χ3v) is 3.80. The number of carbonyl (C=O) groups is 1. The van der Waals surface area contributed by atoms with E-state index in [1.54, 1.807) is 11.3 Å². The molecule has 0 radical (unpaired) electrons. The number of aryl methyl sites for hydroxylation is 1. The summed E-state index contributed by atoms with van der Waals surface area (Å²) in [7, 11) is 0. The Morgan fingerprint density at radius 1 is 1.41 bits per heavy atom. The molecule has 1 amide bonds. The van der Waals surface area contributed by atoms with E-state index in [9.17, 15) is 4.79 Å². The van der Waals surface area contributed by atoms with Crippen molar-refractivity contribution in [1.29, 1.82) is 0 Å². The van der Waals surface area contributed by atoms with Gasteiger partial charge in [-0.05, 0) is 37.1 Å². The molecule has 0 saturated heterocycles. The van der Waals surface area contributed by atoms with Gasteiger partial charge in [-0.15, -0.1) is 11.3 Å². The Kier molecular flexibility index (Phi) is 5.01. The maximum Gasteiger partial charge on any atom is 0.220 e. The summed E-state index contributed by atoms with van der Waals surface area (Å²) in [4.78, 5) is 12.9. The molecule has 0 spiro atoms. The van der Waals surface area contributed by atoms with Gasteiger partial charge in [0.1, 0.15) is 0 Å². The molecule has 0 aromatic carbocycles. The summed E-state index contributed by atoms with van der Waals surface area (Å²) >= 11 is 1.76. The molecule has 1 heterocycles. The lowest BCUT2D eigenvalue weighted by molar-refractivity contribution is -0.121. The topological polar surface area (TPSA) is 41.1 Å². The molecule has 1 aromatic heterocycles. The molecule has 0 aliphatic heterocycles. The van der Waals surface area contributed by atoms with Gasteiger partial charge < -0.3 is 10.6 Å². The number of hydrogen-bond donors (Lipinski definition) is 2. The fraction of sp³-hybridized carbons (Fsp3) is 0.615. The third kappa shape index (κ3) is 5.33. The molecular formula is C13H20N2OS. The Bertz CT molecular complexity index is 333. The van der Waals surface area contributed by atoms with E-state index in [2.05, 4.69) is 28.1 Å². The van der Waals surface area contributed by atoms with E-state index in [4.69, 9.17) is 0 Å². The smallest absolute Gasteiger partial charge is 0.220 e. The summed E-state index contributed by atoms with van der Waals surface area (Å²) in [6.07, 6.45) is 5.21. The van der Waals surface area contributed by atoms with Crippen molar-refractivity contribution in [3.05, 3.63) is 22.4 Å². The van der Waals surface area contributed by atoms with Crippen LogP contribution in [0, 0.1) is 0 Å². The van der Waals surface area contributed by atoms with Crippen LogP contribution in [-0.4, -0.2) is 25.0 Å². The van der Waals surface area contributed by atoms with Crippen molar-refractivity contribution < 1.29 is 4.79 Å². The Labute approximate surface area is 107 Å². The highest BCUT2D eigenvalue weighted by Crippen LogP contribution is 2.17. The van der Waals surface area contributed by atoms with E-state index in [0.717, 1.165) is 32.0 Å². The zero-order valence-corrected chi connectivity index (χ0v) is 10.9. The first kappa shape index (κ1) is 12.6. The van der Waals surface area contributed by atoms with Gasteiger partial charge in [0.2, 0.25) is 5.91 Å². The molecule has 1 aliphatic rings. The second kappa shape index (κ2) is 6.77. The van der Waals surface area contributed by atoms with Crippen molar-refractivity contribution in [3.63, 3.8) is 0 Å². The van der Waals surface area contributed by atoms with Crippen LogP contribution in [0.25, 0.3) is 0 Å². The van der Waals surface area contributed by atoms with Crippen LogP contribution in [0.2, 0.25) is 0 Å². The first-order valence-electron chi connectivity index (χ1n) is 6.37. The van der Waals surface area contributed by atoms with Gasteiger partial charge in [-0.25, -0.2) is 0 Å². The highest BCUT2D eigenvalue weighted by Gasteiger charge is 2.19. The molecule has 2 rings (SSSR count). The van der Waals surface area contributed by atoms with E-state index < -0.39 is 0 Å². The summed E-state index contributed by atoms with van der Waals surface area (Å²) in [5.74, 6) is 0.180. The molecule has 1 aliphatic carbocycles. The van der Waals surface area contributed by atoms with Gasteiger partial charge in [-0.3, -0.25) is 4.79 Å². The minimum atomic E-state index is 0.180. The predicted octanol–water partition coefficient (Wildman–Crippen LogP) is 1.94. The Morgan fingerprint density at radius 2 is 2.29 bits per heavy atom. The fourth-order valence-corrected chi connectivity index (χ4v) is 2.48. The Balaban J connectivity index is 1.45. The van der Waals surface area contributed by atoms with Crippen LogP contribution < -0.4 is 10.6 Å². The summed E-state index contributed by atoms with van der Waals surface area (Å²) in [5, 5.41) is 8.41. The maximum atomic E-state index is 11.5. The van der Waals surface area contributed by atoms with Crippen molar-refractivity contribution in [3.8, 4) is 0 Å². The number of carbonyl (C=O) groups excluding carboxylic acids is 1. The van der Waals surface area contributed by atoms with E-state index >= 15 is 0 Å². The van der Waals surface area contributed by atoms with Crippen LogP contribution in [0.4, 0.5) is 0 Å². The standard InChI is InChI=1S/C13H20N2OS/c16-13(15-9-8-14-11-6-7-11)5-1-3-12-4-2-10-17-12/h2,4,10-11,14H,1,3,5-9H2,(H,15,16). The van der Waals surface area contributed by atoms with E-state index in [1.165, 1.54) is 17.7 Å². The van der Waals surface area contributed by atoms with Crippen LogP contribution >= 0.6 is 11.3 Å². The Morgan fingerprint density at radius 3 is 3.00 bits per heavy atom. The minimum absolute atomic E-state index is 0.180. The second-order valence-electron chi connectivity index (χ2n) is 4.51. The van der Waals surface area contributed by atoms with Crippen LogP contribution in [0.15, 0.2) is 17.5 Å². The van der Waals surface area contributed by atoms with Crippen molar-refractivity contribution in [2.75, 3.05) is 13.1 Å². The molecule has 4 heteroatoms. The van der Waals surface area contributed by atoms with Crippen molar-refractivity contribution in [1.82, 2.24) is 10.6 Å². The van der Waals surface area contributed by atoms with Gasteiger partial charge in [0.25, 0.3) is 0 Å². The summed E-state index contributed by atoms with van der Waals surface area (Å²) in [6.45, 7) is 1.66. The number of rotatable bonds is 8. The van der Waals surface area contributed by atoms with Crippen molar-refractivity contribution >= 4 is 17.2 Å². The van der Waals surface area contributed by atoms with Crippen LogP contribution in [0.5, 0.6) is 0 Å². The zero-order valence-electron chi connectivity index (χ0n) is 10.1. The number of nitrogens with one attached hydrogen (secondary N) is 2. The lowest BCUT2D eigenvalue weighted by Crippen LogP contribution is -2.32. The molecule has 1 fully saturated rings. The van der Waals surface area contributed by atoms with Gasteiger partial charge in [0.05, 0.1) is 0 Å². The molecule has 3 nitrogen and oxygen atoms in total. The van der Waals surface area contributed by atoms with Crippen LogP contribution in [-0.2, 0) is 11.2 Å². The molecule has 2 N–H and O–H groups in total. The van der Waals surface area contributed by atoms with Crippen molar-refractivity contribution in [2.45, 2.75) is 38.1 Å². The fourth-order valence-electron chi connectivity index (χ4n) is 1.73. The molecule has 0 atom stereocenters. The van der Waals surface area contributed by atoms with Crippen LogP contribution in [0.3, 0.4) is 0 Å². The number of amides is 1. The maximum absolute atomic E-state index is 11.5. The zero-order chi connectivity index (χ0) is 11.9. The van der Waals surface area contributed by atoms with Gasteiger partial charge in [-0.2, -0.15) is 0 Å². The Hall–Kier alpha value is -0.870. The van der Waals surface area contributed by atoms with E-state index in [-0.39, 0.29) is 5.91 Å². The molecule has 1 saturated carbocycles. The number of thiophene rings is 1. The highest BCUT2D eigenvalue weighted by molar-refractivity contribution is 7.09. The second-order valence-corrected chi connectivity index (χ2v) is 5.54. The third-order valence-electron chi connectivity index (χ3n) is 2.86. The SMILES string of the molecule is O=C(CCCc1cccs1)NCCNC1CC1. The van der Waals surface area contributed by atoms with E-state index in [0.29, 0.717) is 6.42 Å². The molecular weight excluding hydrogens is 232 g/mol. The van der Waals surface area contributed by atoms with Gasteiger partial charge in [0.15, 0.2) is 0 Å². The molecule has 17 heavy (non-hydrogen) atoms. The quantitative estimate of drug-likeness (QED) is 0.694. The summed E-state index contributed by atoms with van der Waals surface area (Å²) in [5.41, 5.74) is 0. The summed E-state index contributed by atoms with van der Waals surface area (Å²) < 4.78 is 0. The molecule has 0 bridgehead atoms. The van der Waals surface area contributed by atoms with Crippen LogP contribution in [0.1, 0.15) is 30.6 Å². The average Bonchev–Trinajstić information content (AvgIpc) is 3.00. The molecule has 1 aromatic rings. The first-order valence-corrected chi connectivity index (χ1v) is 7.25. The predicted molar refractivity (Wildman–Crippen MR) is 71.3 cm³/mol. The minimum Gasteiger partial charge on any atom is -0.355 e. The van der Waals surface area contributed by atoms with Gasteiger partial charge in [-0.1, -0.05) is 6.07 Å². The monoisotopic (exact) mass is 252 g/mol. The lowest BCUT2D eigenvalue weighted by Gasteiger charge is -2.05. The first-order chi connectivity index (χ1) is 8.34. The van der Waals surface area contributed by atoms with Gasteiger partial charge >= 0.3 is 0 Å². The largest absolute Gasteiger partial charge is 0.355 e. The van der Waals surface area contributed by atoms with Gasteiger partial charge in [0, 0.05) is 30.4 Å². The normalized spacial score (nSPS) is 14.8. The number of hydrogen-bond acceptors (Lipinski definition) is 3. The highest BCUT2D eigenvalue weighted by atomic mass is 32.1. The lowest BCUT2D eigenvalue weighted by atomic mass is 10.2.